The molecule has 5 rings (SSSR count). The summed E-state index contributed by atoms with van der Waals surface area (Å²) in [6, 6.07) is 17.7. The summed E-state index contributed by atoms with van der Waals surface area (Å²) in [6.07, 6.45) is 1.78. The van der Waals surface area contributed by atoms with E-state index in [1.54, 1.807) is 54.0 Å². The summed E-state index contributed by atoms with van der Waals surface area (Å²) in [5, 5.41) is 0. The molecule has 7 nitrogen and oxygen atoms in total. The van der Waals surface area contributed by atoms with E-state index in [2.05, 4.69) is 20.9 Å². The molecule has 0 atom stereocenters. The van der Waals surface area contributed by atoms with Crippen molar-refractivity contribution in [2.45, 2.75) is 6.92 Å². The van der Waals surface area contributed by atoms with Crippen LogP contribution >= 0.6 is 27.3 Å². The van der Waals surface area contributed by atoms with Crippen LogP contribution in [0.5, 0.6) is 17.2 Å². The van der Waals surface area contributed by atoms with Gasteiger partial charge in [0.25, 0.3) is 5.56 Å². The lowest BCUT2D eigenvalue weighted by atomic mass is 10.2. The number of thiazole rings is 1. The number of aromatic nitrogens is 2. The number of hydrogen-bond donors (Lipinski definition) is 0. The van der Waals surface area contributed by atoms with Crippen molar-refractivity contribution in [1.82, 2.24) is 9.38 Å². The Morgan fingerprint density at radius 3 is 2.66 bits per heavy atom. The second kappa shape index (κ2) is 9.52. The third-order valence-corrected chi connectivity index (χ3v) is 6.85. The average Bonchev–Trinajstić information content (AvgIpc) is 3.37. The van der Waals surface area contributed by atoms with E-state index in [0.717, 1.165) is 16.6 Å². The molecule has 35 heavy (non-hydrogen) atoms. The molecule has 0 saturated heterocycles. The fraction of sp³-hybridized carbons (Fsp3) is 0.115. The lowest BCUT2D eigenvalue weighted by Gasteiger charge is -2.13. The highest BCUT2D eigenvalue weighted by atomic mass is 79.9. The Balaban J connectivity index is 1.52. The van der Waals surface area contributed by atoms with E-state index in [0.29, 0.717) is 37.6 Å². The fourth-order valence-electron chi connectivity index (χ4n) is 3.68. The van der Waals surface area contributed by atoms with Crippen LogP contribution < -0.4 is 24.3 Å². The Morgan fingerprint density at radius 2 is 1.91 bits per heavy atom. The molecule has 2 aromatic heterocycles. The monoisotopic (exact) mass is 550 g/mol. The third kappa shape index (κ3) is 4.40. The average molecular weight is 551 g/mol. The first-order chi connectivity index (χ1) is 17.0. The van der Waals surface area contributed by atoms with E-state index in [1.165, 1.54) is 11.3 Å². The largest absolute Gasteiger partial charge is 0.497 e. The number of carbonyl (C=O) groups is 1. The first-order valence-electron chi connectivity index (χ1n) is 10.7. The molecule has 0 aliphatic heterocycles. The number of ether oxygens (including phenoxy) is 3. The molecular formula is C26H19BrN2O5S. The molecule has 0 unspecified atom stereocenters. The van der Waals surface area contributed by atoms with Crippen LogP contribution in [0.15, 0.2) is 69.9 Å². The van der Waals surface area contributed by atoms with E-state index in [1.807, 2.05) is 31.2 Å². The van der Waals surface area contributed by atoms with Crippen molar-refractivity contribution in [3.05, 3.63) is 91.1 Å². The van der Waals surface area contributed by atoms with Gasteiger partial charge < -0.3 is 14.2 Å². The summed E-state index contributed by atoms with van der Waals surface area (Å²) in [7, 11) is 1.56. The number of para-hydroxylation sites is 2. The summed E-state index contributed by atoms with van der Waals surface area (Å²) < 4.78 is 19.2. The zero-order valence-corrected chi connectivity index (χ0v) is 21.2. The Kier molecular flexibility index (Phi) is 6.27. The normalized spacial score (nSPS) is 11.8. The van der Waals surface area contributed by atoms with Gasteiger partial charge in [0, 0.05) is 0 Å². The highest BCUT2D eigenvalue weighted by Gasteiger charge is 2.18. The van der Waals surface area contributed by atoms with Gasteiger partial charge in [-0.15, -0.1) is 0 Å². The van der Waals surface area contributed by atoms with Crippen LogP contribution in [-0.2, 0) is 0 Å². The van der Waals surface area contributed by atoms with Crippen LogP contribution in [0.25, 0.3) is 22.1 Å². The maximum absolute atomic E-state index is 13.1. The molecule has 3 aromatic carbocycles. The highest BCUT2D eigenvalue weighted by molar-refractivity contribution is 9.10. The number of hydrogen-bond acceptors (Lipinski definition) is 7. The number of nitrogens with zero attached hydrogens (tertiary/aromatic N) is 2. The maximum Gasteiger partial charge on any atom is 0.343 e. The van der Waals surface area contributed by atoms with Gasteiger partial charge in [-0.2, -0.15) is 0 Å². The second-order valence-electron chi connectivity index (χ2n) is 7.52. The summed E-state index contributed by atoms with van der Waals surface area (Å²) in [6.45, 7) is 2.21. The first kappa shape index (κ1) is 23.1. The van der Waals surface area contributed by atoms with Crippen molar-refractivity contribution in [2.75, 3.05) is 13.7 Å². The second-order valence-corrected chi connectivity index (χ2v) is 9.38. The van der Waals surface area contributed by atoms with Crippen molar-refractivity contribution in [1.29, 1.82) is 0 Å². The Morgan fingerprint density at radius 1 is 1.14 bits per heavy atom. The summed E-state index contributed by atoms with van der Waals surface area (Å²) in [4.78, 5) is 31.0. The number of halogens is 1. The minimum absolute atomic E-state index is 0.136. The highest BCUT2D eigenvalue weighted by Crippen LogP contribution is 2.38. The number of rotatable bonds is 6. The smallest absolute Gasteiger partial charge is 0.343 e. The van der Waals surface area contributed by atoms with Crippen molar-refractivity contribution in [3.8, 4) is 17.2 Å². The Bertz CT molecular complexity index is 1670. The molecule has 0 aliphatic carbocycles. The standard InChI is InChI=1S/C26H19BrN2O5S/c1-3-33-21-13-15(12-18(27)23(21)34-25(31)16-8-10-17(32-2)11-9-16)14-22-24(30)29-20-7-5-4-6-19(20)28-26(29)35-22/h4-14H,3H2,1-2H3/b22-14-. The minimum atomic E-state index is -0.528. The fourth-order valence-corrected chi connectivity index (χ4v) is 5.20. The molecule has 9 heteroatoms. The summed E-state index contributed by atoms with van der Waals surface area (Å²) in [5.74, 6) is 0.761. The molecule has 5 aromatic rings. The van der Waals surface area contributed by atoms with Gasteiger partial charge in [-0.25, -0.2) is 14.2 Å². The van der Waals surface area contributed by atoms with Gasteiger partial charge in [0.2, 0.25) is 0 Å². The van der Waals surface area contributed by atoms with Gasteiger partial charge in [0.1, 0.15) is 5.75 Å². The summed E-state index contributed by atoms with van der Waals surface area (Å²) in [5.41, 5.74) is 2.52. The molecule has 0 bridgehead atoms. The van der Waals surface area contributed by atoms with Crippen molar-refractivity contribution in [3.63, 3.8) is 0 Å². The van der Waals surface area contributed by atoms with Gasteiger partial charge in [-0.1, -0.05) is 23.5 Å². The first-order valence-corrected chi connectivity index (χ1v) is 12.3. The van der Waals surface area contributed by atoms with Crippen molar-refractivity contribution < 1.29 is 19.0 Å². The zero-order chi connectivity index (χ0) is 24.5. The molecular weight excluding hydrogens is 532 g/mol. The van der Waals surface area contributed by atoms with Crippen LogP contribution in [0.3, 0.4) is 0 Å². The maximum atomic E-state index is 13.1. The molecule has 0 saturated carbocycles. The van der Waals surface area contributed by atoms with E-state index in [-0.39, 0.29) is 11.3 Å². The number of fused-ring (bicyclic) bond motifs is 3. The Hall–Kier alpha value is -3.69. The number of methoxy groups -OCH3 is 1. The van der Waals surface area contributed by atoms with Crippen molar-refractivity contribution in [2.24, 2.45) is 0 Å². The molecule has 0 fully saturated rings. The van der Waals surface area contributed by atoms with Gasteiger partial charge >= 0.3 is 5.97 Å². The molecule has 0 radical (unpaired) electrons. The lowest BCUT2D eigenvalue weighted by Crippen LogP contribution is -2.22. The quantitative estimate of drug-likeness (QED) is 0.222. The van der Waals surface area contributed by atoms with Crippen LogP contribution in [0.4, 0.5) is 0 Å². The van der Waals surface area contributed by atoms with Gasteiger partial charge in [-0.3, -0.25) is 4.79 Å². The SMILES string of the molecule is CCOc1cc(/C=c2\sc3nc4ccccc4n3c2=O)cc(Br)c1OC(=O)c1ccc(OC)cc1. The molecule has 0 spiro atoms. The molecule has 0 N–H and O–H groups in total. The lowest BCUT2D eigenvalue weighted by molar-refractivity contribution is 0.0727. The number of benzene rings is 3. The van der Waals surface area contributed by atoms with E-state index >= 15 is 0 Å². The third-order valence-electron chi connectivity index (χ3n) is 5.30. The van der Waals surface area contributed by atoms with Gasteiger partial charge in [-0.05, 0) is 83.0 Å². The van der Waals surface area contributed by atoms with Gasteiger partial charge in [0.05, 0.1) is 39.3 Å². The Labute approximate surface area is 212 Å². The number of esters is 1. The van der Waals surface area contributed by atoms with E-state index in [4.69, 9.17) is 14.2 Å². The van der Waals surface area contributed by atoms with Crippen LogP contribution in [0.2, 0.25) is 0 Å². The topological polar surface area (TPSA) is 79.1 Å². The molecule has 0 amide bonds. The van der Waals surface area contributed by atoms with E-state index in [9.17, 15) is 9.59 Å². The number of imidazole rings is 1. The molecule has 0 aliphatic rings. The zero-order valence-electron chi connectivity index (χ0n) is 18.8. The van der Waals surface area contributed by atoms with Crippen LogP contribution in [0, 0.1) is 0 Å². The minimum Gasteiger partial charge on any atom is -0.497 e. The van der Waals surface area contributed by atoms with E-state index < -0.39 is 5.97 Å². The number of carbonyl (C=O) groups excluding carboxylic acids is 1. The summed E-state index contributed by atoms with van der Waals surface area (Å²) >= 11 is 4.81. The predicted octanol–water partition coefficient (Wildman–Crippen LogP) is 4.85. The molecule has 176 valence electrons. The van der Waals surface area contributed by atoms with Crippen LogP contribution in [-0.4, -0.2) is 29.1 Å². The molecule has 2 heterocycles. The van der Waals surface area contributed by atoms with Gasteiger partial charge in [0.15, 0.2) is 16.5 Å². The van der Waals surface area contributed by atoms with Crippen molar-refractivity contribution >= 4 is 55.3 Å². The predicted molar refractivity (Wildman–Crippen MR) is 139 cm³/mol. The van der Waals surface area contributed by atoms with Crippen LogP contribution in [0.1, 0.15) is 22.8 Å².